The van der Waals surface area contributed by atoms with Crippen LogP contribution < -0.4 is 10.6 Å². The second-order valence-electron chi connectivity index (χ2n) is 7.54. The van der Waals surface area contributed by atoms with Gasteiger partial charge in [-0.3, -0.25) is 19.4 Å². The first kappa shape index (κ1) is 21.9. The van der Waals surface area contributed by atoms with Gasteiger partial charge in [-0.2, -0.15) is 0 Å². The van der Waals surface area contributed by atoms with Gasteiger partial charge in [0.25, 0.3) is 0 Å². The van der Waals surface area contributed by atoms with Crippen molar-refractivity contribution in [3.63, 3.8) is 0 Å². The Morgan fingerprint density at radius 1 is 1.00 bits per heavy atom. The molecular weight excluding hydrogens is 383 g/mol. The third-order valence-corrected chi connectivity index (χ3v) is 5.49. The van der Waals surface area contributed by atoms with Crippen molar-refractivity contribution >= 4 is 23.2 Å². The van der Waals surface area contributed by atoms with Crippen LogP contribution in [0, 0.1) is 5.82 Å². The van der Waals surface area contributed by atoms with Crippen LogP contribution in [0.15, 0.2) is 48.5 Å². The maximum atomic E-state index is 13.0. The van der Waals surface area contributed by atoms with Gasteiger partial charge in [0.15, 0.2) is 0 Å². The number of carbonyl (C=O) groups excluding carboxylic acids is 2. The number of piperazine rings is 1. The number of nitrogens with zero attached hydrogens (tertiary/aromatic N) is 2. The van der Waals surface area contributed by atoms with Gasteiger partial charge in [-0.05, 0) is 49.2 Å². The molecule has 0 aliphatic carbocycles. The van der Waals surface area contributed by atoms with Crippen LogP contribution in [0.3, 0.4) is 0 Å². The van der Waals surface area contributed by atoms with Crippen LogP contribution in [-0.2, 0) is 16.0 Å². The van der Waals surface area contributed by atoms with Crippen LogP contribution >= 0.6 is 0 Å². The summed E-state index contributed by atoms with van der Waals surface area (Å²) in [7, 11) is 0. The zero-order valence-electron chi connectivity index (χ0n) is 17.5. The predicted octanol–water partition coefficient (Wildman–Crippen LogP) is 2.97. The Morgan fingerprint density at radius 3 is 2.33 bits per heavy atom. The standard InChI is InChI=1S/C23H29FN4O2/c1-3-18-6-4-5-7-21(18)26-22(29)16-27-12-14-28(15-13-27)17(2)23(30)25-20-10-8-19(24)9-11-20/h4-11,17H,3,12-16H2,1-2H3,(H,25,30)(H,26,29)/t17-/m1/s1. The van der Waals surface area contributed by atoms with E-state index < -0.39 is 0 Å². The van der Waals surface area contributed by atoms with Crippen molar-refractivity contribution in [3.8, 4) is 0 Å². The molecule has 30 heavy (non-hydrogen) atoms. The number of hydrogen-bond donors (Lipinski definition) is 2. The highest BCUT2D eigenvalue weighted by Crippen LogP contribution is 2.16. The number of anilines is 2. The molecule has 0 spiro atoms. The Kier molecular flexibility index (Phi) is 7.54. The molecule has 2 amide bonds. The van der Waals surface area contributed by atoms with Crippen molar-refractivity contribution in [2.75, 3.05) is 43.4 Å². The summed E-state index contributed by atoms with van der Waals surface area (Å²) in [6.07, 6.45) is 0.868. The van der Waals surface area contributed by atoms with E-state index in [1.807, 2.05) is 31.2 Å². The maximum absolute atomic E-state index is 13.0. The number of hydrogen-bond acceptors (Lipinski definition) is 4. The van der Waals surface area contributed by atoms with E-state index in [0.717, 1.165) is 30.8 Å². The van der Waals surface area contributed by atoms with E-state index in [1.54, 1.807) is 12.1 Å². The number of para-hydroxylation sites is 1. The second kappa shape index (κ2) is 10.3. The van der Waals surface area contributed by atoms with Gasteiger partial charge >= 0.3 is 0 Å². The van der Waals surface area contributed by atoms with Gasteiger partial charge in [0.1, 0.15) is 5.82 Å². The van der Waals surface area contributed by atoms with Gasteiger partial charge in [0.05, 0.1) is 12.6 Å². The Morgan fingerprint density at radius 2 is 1.67 bits per heavy atom. The monoisotopic (exact) mass is 412 g/mol. The lowest BCUT2D eigenvalue weighted by Gasteiger charge is -2.37. The fourth-order valence-corrected chi connectivity index (χ4v) is 3.60. The van der Waals surface area contributed by atoms with Crippen molar-refractivity contribution in [1.29, 1.82) is 0 Å². The fourth-order valence-electron chi connectivity index (χ4n) is 3.60. The smallest absolute Gasteiger partial charge is 0.241 e. The molecule has 0 radical (unpaired) electrons. The molecule has 3 rings (SSSR count). The fraction of sp³-hybridized carbons (Fsp3) is 0.391. The third-order valence-electron chi connectivity index (χ3n) is 5.49. The largest absolute Gasteiger partial charge is 0.325 e. The summed E-state index contributed by atoms with van der Waals surface area (Å²) in [5, 5.41) is 5.83. The zero-order valence-corrected chi connectivity index (χ0v) is 17.5. The first-order valence-electron chi connectivity index (χ1n) is 10.4. The molecule has 160 valence electrons. The Hall–Kier alpha value is -2.77. The summed E-state index contributed by atoms with van der Waals surface area (Å²) in [4.78, 5) is 29.1. The summed E-state index contributed by atoms with van der Waals surface area (Å²) >= 11 is 0. The first-order valence-corrected chi connectivity index (χ1v) is 10.4. The topological polar surface area (TPSA) is 64.7 Å². The van der Waals surface area contributed by atoms with E-state index in [4.69, 9.17) is 0 Å². The van der Waals surface area contributed by atoms with E-state index in [9.17, 15) is 14.0 Å². The highest BCUT2D eigenvalue weighted by molar-refractivity contribution is 5.94. The number of benzene rings is 2. The van der Waals surface area contributed by atoms with Crippen molar-refractivity contribution in [2.24, 2.45) is 0 Å². The highest BCUT2D eigenvalue weighted by atomic mass is 19.1. The van der Waals surface area contributed by atoms with Crippen molar-refractivity contribution in [3.05, 3.63) is 59.9 Å². The maximum Gasteiger partial charge on any atom is 0.241 e. The lowest BCUT2D eigenvalue weighted by Crippen LogP contribution is -2.53. The van der Waals surface area contributed by atoms with Crippen LogP contribution in [0.4, 0.5) is 15.8 Å². The lowest BCUT2D eigenvalue weighted by molar-refractivity contribution is -0.122. The molecule has 2 N–H and O–H groups in total. The van der Waals surface area contributed by atoms with Gasteiger partial charge in [-0.25, -0.2) is 4.39 Å². The van der Waals surface area contributed by atoms with Crippen LogP contribution in [0.25, 0.3) is 0 Å². The Labute approximate surface area is 177 Å². The molecule has 1 heterocycles. The third kappa shape index (κ3) is 5.87. The molecule has 0 saturated carbocycles. The van der Waals surface area contributed by atoms with Gasteiger partial charge in [-0.1, -0.05) is 25.1 Å². The SMILES string of the molecule is CCc1ccccc1NC(=O)CN1CCN([C@H](C)C(=O)Nc2ccc(F)cc2)CC1. The molecule has 6 nitrogen and oxygen atoms in total. The average molecular weight is 413 g/mol. The molecule has 0 bridgehead atoms. The number of aryl methyl sites for hydroxylation is 1. The van der Waals surface area contributed by atoms with Gasteiger partial charge in [0.2, 0.25) is 11.8 Å². The molecule has 7 heteroatoms. The molecule has 2 aromatic carbocycles. The molecule has 0 unspecified atom stereocenters. The molecule has 1 fully saturated rings. The van der Waals surface area contributed by atoms with E-state index in [1.165, 1.54) is 12.1 Å². The summed E-state index contributed by atoms with van der Waals surface area (Å²) in [5.74, 6) is -0.477. The minimum Gasteiger partial charge on any atom is -0.325 e. The minimum atomic E-state index is -0.334. The van der Waals surface area contributed by atoms with Crippen molar-refractivity contribution < 1.29 is 14.0 Å². The van der Waals surface area contributed by atoms with Crippen molar-refractivity contribution in [1.82, 2.24) is 9.80 Å². The molecular formula is C23H29FN4O2. The van der Waals surface area contributed by atoms with Gasteiger partial charge < -0.3 is 10.6 Å². The number of nitrogens with one attached hydrogen (secondary N) is 2. The van der Waals surface area contributed by atoms with Crippen LogP contribution in [0.2, 0.25) is 0 Å². The van der Waals surface area contributed by atoms with Crippen LogP contribution in [0.1, 0.15) is 19.4 Å². The van der Waals surface area contributed by atoms with Crippen LogP contribution in [0.5, 0.6) is 0 Å². The van der Waals surface area contributed by atoms with E-state index in [2.05, 4.69) is 27.4 Å². The quantitative estimate of drug-likeness (QED) is 0.734. The number of halogens is 1. The Bertz CT molecular complexity index is 864. The highest BCUT2D eigenvalue weighted by Gasteiger charge is 2.26. The molecule has 1 aliphatic rings. The van der Waals surface area contributed by atoms with E-state index in [0.29, 0.717) is 25.3 Å². The summed E-state index contributed by atoms with van der Waals surface area (Å²) < 4.78 is 13.0. The summed E-state index contributed by atoms with van der Waals surface area (Å²) in [6, 6.07) is 13.3. The molecule has 1 aliphatic heterocycles. The zero-order chi connectivity index (χ0) is 21.5. The number of carbonyl (C=O) groups is 2. The molecule has 1 saturated heterocycles. The van der Waals surface area contributed by atoms with Crippen LogP contribution in [-0.4, -0.2) is 60.4 Å². The predicted molar refractivity (Wildman–Crippen MR) is 117 cm³/mol. The van der Waals surface area contributed by atoms with Crippen molar-refractivity contribution in [2.45, 2.75) is 26.3 Å². The van der Waals surface area contributed by atoms with E-state index >= 15 is 0 Å². The lowest BCUT2D eigenvalue weighted by atomic mass is 10.1. The van der Waals surface area contributed by atoms with E-state index in [-0.39, 0.29) is 23.7 Å². The second-order valence-corrected chi connectivity index (χ2v) is 7.54. The first-order chi connectivity index (χ1) is 14.5. The Balaban J connectivity index is 1.45. The molecule has 2 aromatic rings. The summed E-state index contributed by atoms with van der Waals surface area (Å²) in [6.45, 7) is 7.12. The average Bonchev–Trinajstić information content (AvgIpc) is 2.75. The normalized spacial score (nSPS) is 16.1. The van der Waals surface area contributed by atoms with Gasteiger partial charge in [0, 0.05) is 37.6 Å². The van der Waals surface area contributed by atoms with Gasteiger partial charge in [-0.15, -0.1) is 0 Å². The summed E-state index contributed by atoms with van der Waals surface area (Å²) in [5.41, 5.74) is 2.57. The molecule has 1 atom stereocenters. The minimum absolute atomic E-state index is 0.0218. The number of rotatable bonds is 7. The molecule has 0 aromatic heterocycles. The number of amides is 2.